The molecule has 0 aliphatic carbocycles. The van der Waals surface area contributed by atoms with Crippen molar-refractivity contribution in [3.05, 3.63) is 48.0 Å². The third-order valence-electron chi connectivity index (χ3n) is 3.81. The van der Waals surface area contributed by atoms with Crippen LogP contribution in [0.2, 0.25) is 0 Å². The summed E-state index contributed by atoms with van der Waals surface area (Å²) in [4.78, 5) is 16.5. The molecular formula is C18H14F2N4O3S. The SMILES string of the molecule is Cc1ccc(-c2nc(SCC(=O)Nc3ccc4c(c3)OC(F)(F)O4)n[nH]2)cc1. The highest BCUT2D eigenvalue weighted by Crippen LogP contribution is 2.42. The number of benzene rings is 2. The third-order valence-corrected chi connectivity index (χ3v) is 4.65. The van der Waals surface area contributed by atoms with Crippen LogP contribution in [0.4, 0.5) is 14.5 Å². The summed E-state index contributed by atoms with van der Waals surface area (Å²) in [5, 5.41) is 9.95. The summed E-state index contributed by atoms with van der Waals surface area (Å²) in [5.74, 6) is 0.112. The van der Waals surface area contributed by atoms with Gasteiger partial charge >= 0.3 is 6.29 Å². The number of carbonyl (C=O) groups is 1. The predicted molar refractivity (Wildman–Crippen MR) is 98.6 cm³/mol. The molecule has 0 fully saturated rings. The van der Waals surface area contributed by atoms with E-state index >= 15 is 0 Å². The number of alkyl halides is 2. The molecule has 2 aromatic carbocycles. The number of amides is 1. The normalized spacial score (nSPS) is 14.1. The minimum absolute atomic E-state index is 0.0514. The molecule has 0 bridgehead atoms. The Morgan fingerprint density at radius 3 is 2.71 bits per heavy atom. The second-order valence-corrected chi connectivity index (χ2v) is 6.94. The van der Waals surface area contributed by atoms with Crippen molar-refractivity contribution in [2.24, 2.45) is 0 Å². The first-order valence-electron chi connectivity index (χ1n) is 8.20. The summed E-state index contributed by atoms with van der Waals surface area (Å²) in [6.45, 7) is 2.00. The average molecular weight is 404 g/mol. The van der Waals surface area contributed by atoms with E-state index in [1.807, 2.05) is 31.2 Å². The number of nitrogens with one attached hydrogen (secondary N) is 2. The van der Waals surface area contributed by atoms with Crippen molar-refractivity contribution in [1.82, 2.24) is 15.2 Å². The minimum atomic E-state index is -3.69. The summed E-state index contributed by atoms with van der Waals surface area (Å²) in [6.07, 6.45) is -3.69. The topological polar surface area (TPSA) is 89.1 Å². The number of rotatable bonds is 5. The molecule has 0 unspecified atom stereocenters. The van der Waals surface area contributed by atoms with E-state index in [-0.39, 0.29) is 23.2 Å². The highest BCUT2D eigenvalue weighted by molar-refractivity contribution is 7.99. The minimum Gasteiger partial charge on any atom is -0.395 e. The van der Waals surface area contributed by atoms with Crippen LogP contribution in [-0.4, -0.2) is 33.1 Å². The van der Waals surface area contributed by atoms with Crippen LogP contribution in [0.15, 0.2) is 47.6 Å². The molecule has 2 heterocycles. The fourth-order valence-corrected chi connectivity index (χ4v) is 3.10. The monoisotopic (exact) mass is 404 g/mol. The van der Waals surface area contributed by atoms with E-state index in [1.165, 1.54) is 18.2 Å². The Morgan fingerprint density at radius 2 is 1.93 bits per heavy atom. The second-order valence-electron chi connectivity index (χ2n) is 6.00. The van der Waals surface area contributed by atoms with Gasteiger partial charge in [-0.25, -0.2) is 4.98 Å². The Morgan fingerprint density at radius 1 is 1.18 bits per heavy atom. The largest absolute Gasteiger partial charge is 0.586 e. The molecule has 0 saturated heterocycles. The van der Waals surface area contributed by atoms with E-state index in [9.17, 15) is 13.6 Å². The predicted octanol–water partition coefficient (Wildman–Crippen LogP) is 3.83. The van der Waals surface area contributed by atoms with Gasteiger partial charge in [0.1, 0.15) is 0 Å². The lowest BCUT2D eigenvalue weighted by Gasteiger charge is -2.05. The van der Waals surface area contributed by atoms with Crippen LogP contribution in [-0.2, 0) is 4.79 Å². The molecule has 0 saturated carbocycles. The van der Waals surface area contributed by atoms with Crippen LogP contribution >= 0.6 is 11.8 Å². The van der Waals surface area contributed by atoms with Gasteiger partial charge in [-0.3, -0.25) is 9.89 Å². The molecule has 3 aromatic rings. The van der Waals surface area contributed by atoms with Crippen LogP contribution in [0.5, 0.6) is 11.5 Å². The number of halogens is 2. The first-order valence-corrected chi connectivity index (χ1v) is 9.18. The van der Waals surface area contributed by atoms with Gasteiger partial charge in [0.2, 0.25) is 11.1 Å². The molecule has 0 radical (unpaired) electrons. The van der Waals surface area contributed by atoms with Crippen molar-refractivity contribution in [1.29, 1.82) is 0 Å². The van der Waals surface area contributed by atoms with E-state index in [0.29, 0.717) is 16.7 Å². The number of anilines is 1. The van der Waals surface area contributed by atoms with Crippen molar-refractivity contribution in [2.45, 2.75) is 18.4 Å². The average Bonchev–Trinajstić information content (AvgIpc) is 3.23. The van der Waals surface area contributed by atoms with Gasteiger partial charge in [0, 0.05) is 17.3 Å². The molecule has 4 rings (SSSR count). The zero-order chi connectivity index (χ0) is 19.7. The van der Waals surface area contributed by atoms with E-state index in [2.05, 4.69) is 30.0 Å². The summed E-state index contributed by atoms with van der Waals surface area (Å²) < 4.78 is 34.7. The molecule has 10 heteroatoms. The van der Waals surface area contributed by atoms with Crippen molar-refractivity contribution >= 4 is 23.4 Å². The highest BCUT2D eigenvalue weighted by atomic mass is 32.2. The lowest BCUT2D eigenvalue weighted by molar-refractivity contribution is -0.286. The van der Waals surface area contributed by atoms with E-state index in [1.54, 1.807) is 0 Å². The van der Waals surface area contributed by atoms with Gasteiger partial charge in [-0.05, 0) is 19.1 Å². The zero-order valence-electron chi connectivity index (χ0n) is 14.5. The molecule has 1 aliphatic heterocycles. The summed E-state index contributed by atoms with van der Waals surface area (Å²) in [5.41, 5.74) is 2.36. The number of ether oxygens (including phenoxy) is 2. The van der Waals surface area contributed by atoms with E-state index < -0.39 is 6.29 Å². The summed E-state index contributed by atoms with van der Waals surface area (Å²) in [6, 6.07) is 11.8. The Bertz CT molecular complexity index is 1020. The molecule has 7 nitrogen and oxygen atoms in total. The Kier molecular flexibility index (Phi) is 4.63. The number of thioether (sulfide) groups is 1. The van der Waals surface area contributed by atoms with Gasteiger partial charge in [0.15, 0.2) is 17.3 Å². The summed E-state index contributed by atoms with van der Waals surface area (Å²) >= 11 is 1.15. The van der Waals surface area contributed by atoms with Crippen LogP contribution in [0.25, 0.3) is 11.4 Å². The number of carbonyl (C=O) groups excluding carboxylic acids is 1. The van der Waals surface area contributed by atoms with Crippen molar-refractivity contribution in [3.63, 3.8) is 0 Å². The number of aryl methyl sites for hydroxylation is 1. The standard InChI is InChI=1S/C18H14F2N4O3S/c1-10-2-4-11(5-3-10)16-22-17(24-23-16)28-9-15(25)21-12-6-7-13-14(8-12)27-18(19,20)26-13/h2-8H,9H2,1H3,(H,21,25)(H,22,23,24). The van der Waals surface area contributed by atoms with Crippen molar-refractivity contribution in [3.8, 4) is 22.9 Å². The molecule has 2 N–H and O–H groups in total. The van der Waals surface area contributed by atoms with Gasteiger partial charge in [-0.1, -0.05) is 41.6 Å². The van der Waals surface area contributed by atoms with Crippen molar-refractivity contribution in [2.75, 3.05) is 11.1 Å². The lowest BCUT2D eigenvalue weighted by atomic mass is 10.1. The number of fused-ring (bicyclic) bond motifs is 1. The Balaban J connectivity index is 1.34. The molecule has 1 aromatic heterocycles. The van der Waals surface area contributed by atoms with Crippen LogP contribution < -0.4 is 14.8 Å². The van der Waals surface area contributed by atoms with Crippen LogP contribution in [0.1, 0.15) is 5.56 Å². The Hall–Kier alpha value is -3.14. The number of nitrogens with zero attached hydrogens (tertiary/aromatic N) is 2. The molecular weight excluding hydrogens is 390 g/mol. The van der Waals surface area contributed by atoms with Gasteiger partial charge in [0.05, 0.1) is 5.75 Å². The molecule has 1 amide bonds. The van der Waals surface area contributed by atoms with Crippen LogP contribution in [0.3, 0.4) is 0 Å². The van der Waals surface area contributed by atoms with E-state index in [4.69, 9.17) is 0 Å². The lowest BCUT2D eigenvalue weighted by Crippen LogP contribution is -2.25. The highest BCUT2D eigenvalue weighted by Gasteiger charge is 2.43. The molecule has 0 spiro atoms. The quantitative estimate of drug-likeness (QED) is 0.629. The molecule has 28 heavy (non-hydrogen) atoms. The van der Waals surface area contributed by atoms with Gasteiger partial charge in [-0.15, -0.1) is 13.9 Å². The number of hydrogen-bond donors (Lipinski definition) is 2. The van der Waals surface area contributed by atoms with Crippen molar-refractivity contribution < 1.29 is 23.0 Å². The fourth-order valence-electron chi connectivity index (χ4n) is 2.51. The number of aromatic amines is 1. The summed E-state index contributed by atoms with van der Waals surface area (Å²) in [7, 11) is 0. The first kappa shape index (κ1) is 18.2. The van der Waals surface area contributed by atoms with Gasteiger partial charge in [-0.2, -0.15) is 0 Å². The number of aromatic nitrogens is 3. The van der Waals surface area contributed by atoms with Gasteiger partial charge in [0.25, 0.3) is 0 Å². The van der Waals surface area contributed by atoms with Crippen LogP contribution in [0, 0.1) is 6.92 Å². The molecule has 144 valence electrons. The molecule has 1 aliphatic rings. The van der Waals surface area contributed by atoms with E-state index in [0.717, 1.165) is 22.9 Å². The first-order chi connectivity index (χ1) is 13.4. The number of hydrogen-bond acceptors (Lipinski definition) is 6. The zero-order valence-corrected chi connectivity index (χ0v) is 15.3. The Labute approximate surface area is 162 Å². The maximum Gasteiger partial charge on any atom is 0.586 e. The smallest absolute Gasteiger partial charge is 0.395 e. The maximum atomic E-state index is 13.0. The number of H-pyrrole nitrogens is 1. The maximum absolute atomic E-state index is 13.0. The van der Waals surface area contributed by atoms with Gasteiger partial charge < -0.3 is 14.8 Å². The third kappa shape index (κ3) is 4.06. The molecule has 0 atom stereocenters. The fraction of sp³-hybridized carbons (Fsp3) is 0.167. The second kappa shape index (κ2) is 7.12.